The third-order valence-corrected chi connectivity index (χ3v) is 7.72. The van der Waals surface area contributed by atoms with Gasteiger partial charge in [0.05, 0.1) is 17.3 Å². The Morgan fingerprint density at radius 2 is 1.76 bits per heavy atom. The van der Waals surface area contributed by atoms with Crippen molar-refractivity contribution >= 4 is 37.6 Å². The number of halogens is 1. The lowest BCUT2D eigenvalue weighted by atomic mass is 9.94. The van der Waals surface area contributed by atoms with Crippen LogP contribution in [0.15, 0.2) is 53.4 Å². The number of sulfonamides is 1. The standard InChI is InChI=1S/C22H28ClN3O6S2/c1-22(32-33(2,28)29,17-10-11-18(23)20(14-17)34(24,30)31)21(27)25-19(15-26-12-6-7-13-26)16-8-4-3-5-9-16/h3-5,8-11,14,19H,6-7,12-13,15H2,1-2H3,(H,25,27)(H2,24,30,31). The normalized spacial score (nSPS) is 17.8. The zero-order valence-corrected chi connectivity index (χ0v) is 21.3. The molecular formula is C22H28ClN3O6S2. The van der Waals surface area contributed by atoms with Crippen molar-refractivity contribution in [1.82, 2.24) is 10.2 Å². The predicted molar refractivity (Wildman–Crippen MR) is 129 cm³/mol. The maximum absolute atomic E-state index is 13.6. The summed E-state index contributed by atoms with van der Waals surface area (Å²) in [6, 6.07) is 12.5. The quantitative estimate of drug-likeness (QED) is 0.475. The van der Waals surface area contributed by atoms with Gasteiger partial charge < -0.3 is 10.2 Å². The van der Waals surface area contributed by atoms with Crippen molar-refractivity contribution in [2.24, 2.45) is 5.14 Å². The van der Waals surface area contributed by atoms with Crippen LogP contribution in [0.5, 0.6) is 0 Å². The average Bonchev–Trinajstić information content (AvgIpc) is 3.25. The zero-order chi connectivity index (χ0) is 25.1. The van der Waals surface area contributed by atoms with Crippen LogP contribution in [0.3, 0.4) is 0 Å². The minimum atomic E-state index is -4.24. The minimum absolute atomic E-state index is 0.0307. The van der Waals surface area contributed by atoms with Crippen LogP contribution in [0.2, 0.25) is 5.02 Å². The lowest BCUT2D eigenvalue weighted by Crippen LogP contribution is -2.48. The van der Waals surface area contributed by atoms with E-state index < -0.39 is 42.6 Å². The van der Waals surface area contributed by atoms with Crippen LogP contribution in [0.4, 0.5) is 0 Å². The summed E-state index contributed by atoms with van der Waals surface area (Å²) in [5.41, 5.74) is -1.28. The first kappa shape index (κ1) is 26.6. The Hall–Kier alpha value is -2.02. The molecule has 2 aromatic carbocycles. The van der Waals surface area contributed by atoms with Gasteiger partial charge in [0.25, 0.3) is 16.0 Å². The molecule has 0 radical (unpaired) electrons. The molecule has 1 aliphatic rings. The molecule has 34 heavy (non-hydrogen) atoms. The topological polar surface area (TPSA) is 136 Å². The first-order chi connectivity index (χ1) is 15.8. The van der Waals surface area contributed by atoms with E-state index in [-0.39, 0.29) is 10.6 Å². The number of benzene rings is 2. The fraction of sp³-hybridized carbons (Fsp3) is 0.409. The molecule has 1 amide bonds. The Bertz CT molecular complexity index is 1250. The summed E-state index contributed by atoms with van der Waals surface area (Å²) in [7, 11) is -8.38. The third-order valence-electron chi connectivity index (χ3n) is 5.69. The highest BCUT2D eigenvalue weighted by atomic mass is 35.5. The second-order valence-corrected chi connectivity index (χ2v) is 12.0. The highest BCUT2D eigenvalue weighted by Crippen LogP contribution is 2.33. The zero-order valence-electron chi connectivity index (χ0n) is 18.9. The third kappa shape index (κ3) is 6.55. The largest absolute Gasteiger partial charge is 0.345 e. The molecule has 0 aromatic heterocycles. The summed E-state index contributed by atoms with van der Waals surface area (Å²) < 4.78 is 53.5. The van der Waals surface area contributed by atoms with Gasteiger partial charge in [0.1, 0.15) is 4.90 Å². The Morgan fingerprint density at radius 3 is 2.32 bits per heavy atom. The number of hydrogen-bond acceptors (Lipinski definition) is 7. The number of nitrogens with zero attached hydrogens (tertiary/aromatic N) is 1. The summed E-state index contributed by atoms with van der Waals surface area (Å²) in [4.78, 5) is 15.4. The predicted octanol–water partition coefficient (Wildman–Crippen LogP) is 2.13. The van der Waals surface area contributed by atoms with Crippen LogP contribution in [-0.2, 0) is 34.7 Å². The van der Waals surface area contributed by atoms with Gasteiger partial charge in [-0.2, -0.15) is 8.42 Å². The van der Waals surface area contributed by atoms with Gasteiger partial charge in [0.15, 0.2) is 5.60 Å². The molecule has 2 unspecified atom stereocenters. The molecule has 1 fully saturated rings. The molecule has 186 valence electrons. The summed E-state index contributed by atoms with van der Waals surface area (Å²) in [5.74, 6) is -0.756. The second kappa shape index (κ2) is 10.3. The SMILES string of the molecule is CC(OS(C)(=O)=O)(C(=O)NC(CN1CCCC1)c1ccccc1)c1ccc(Cl)c(S(N)(=O)=O)c1. The molecule has 3 rings (SSSR count). The van der Waals surface area contributed by atoms with Crippen molar-refractivity contribution in [3.8, 4) is 0 Å². The Kier molecular flexibility index (Phi) is 8.06. The van der Waals surface area contributed by atoms with Crippen LogP contribution < -0.4 is 10.5 Å². The van der Waals surface area contributed by atoms with E-state index in [1.165, 1.54) is 19.1 Å². The number of hydrogen-bond donors (Lipinski definition) is 2. The van der Waals surface area contributed by atoms with Crippen LogP contribution >= 0.6 is 11.6 Å². The van der Waals surface area contributed by atoms with Crippen molar-refractivity contribution in [2.75, 3.05) is 25.9 Å². The number of nitrogens with one attached hydrogen (secondary N) is 1. The fourth-order valence-electron chi connectivity index (χ4n) is 3.98. The first-order valence-corrected chi connectivity index (χ1v) is 14.4. The Morgan fingerprint density at radius 1 is 1.15 bits per heavy atom. The average molecular weight is 530 g/mol. The summed E-state index contributed by atoms with van der Waals surface area (Å²) >= 11 is 5.98. The van der Waals surface area contributed by atoms with E-state index in [4.69, 9.17) is 20.9 Å². The molecule has 12 heteroatoms. The van der Waals surface area contributed by atoms with Gasteiger partial charge in [-0.05, 0) is 56.1 Å². The van der Waals surface area contributed by atoms with Gasteiger partial charge in [0.2, 0.25) is 10.0 Å². The number of carbonyl (C=O) groups is 1. The second-order valence-electron chi connectivity index (χ2n) is 8.46. The molecule has 9 nitrogen and oxygen atoms in total. The van der Waals surface area contributed by atoms with Crippen molar-refractivity contribution in [1.29, 1.82) is 0 Å². The van der Waals surface area contributed by atoms with E-state index >= 15 is 0 Å². The summed E-state index contributed by atoms with van der Waals surface area (Å²) in [6.45, 7) is 3.57. The first-order valence-electron chi connectivity index (χ1n) is 10.6. The fourth-order valence-corrected chi connectivity index (χ4v) is 5.83. The van der Waals surface area contributed by atoms with Crippen LogP contribution in [-0.4, -0.2) is 53.5 Å². The molecule has 3 N–H and O–H groups in total. The molecule has 1 heterocycles. The molecule has 0 aliphatic carbocycles. The molecule has 2 atom stereocenters. The minimum Gasteiger partial charge on any atom is -0.345 e. The Labute approximate surface area is 205 Å². The smallest absolute Gasteiger partial charge is 0.265 e. The molecule has 1 saturated heterocycles. The molecule has 0 saturated carbocycles. The number of amides is 1. The van der Waals surface area contributed by atoms with Gasteiger partial charge in [-0.25, -0.2) is 17.7 Å². The van der Waals surface area contributed by atoms with Crippen molar-refractivity contribution in [2.45, 2.75) is 36.3 Å². The number of carbonyl (C=O) groups excluding carboxylic acids is 1. The van der Waals surface area contributed by atoms with E-state index in [1.54, 1.807) is 0 Å². The number of primary sulfonamides is 1. The van der Waals surface area contributed by atoms with E-state index in [0.717, 1.165) is 43.8 Å². The monoisotopic (exact) mass is 529 g/mol. The Balaban J connectivity index is 2.03. The molecule has 0 bridgehead atoms. The van der Waals surface area contributed by atoms with Gasteiger partial charge >= 0.3 is 0 Å². The van der Waals surface area contributed by atoms with Crippen LogP contribution in [0.25, 0.3) is 0 Å². The molecule has 0 spiro atoms. The van der Waals surface area contributed by atoms with E-state index in [0.29, 0.717) is 6.54 Å². The van der Waals surface area contributed by atoms with Crippen molar-refractivity contribution in [3.05, 3.63) is 64.7 Å². The molecule has 1 aliphatic heterocycles. The maximum atomic E-state index is 13.6. The van der Waals surface area contributed by atoms with Gasteiger partial charge in [-0.15, -0.1) is 0 Å². The van der Waals surface area contributed by atoms with E-state index in [9.17, 15) is 21.6 Å². The van der Waals surface area contributed by atoms with E-state index in [2.05, 4.69) is 10.2 Å². The van der Waals surface area contributed by atoms with Crippen molar-refractivity contribution in [3.63, 3.8) is 0 Å². The molecule has 2 aromatic rings. The number of nitrogens with two attached hydrogens (primary N) is 1. The lowest BCUT2D eigenvalue weighted by molar-refractivity contribution is -0.137. The highest BCUT2D eigenvalue weighted by molar-refractivity contribution is 7.89. The van der Waals surface area contributed by atoms with Crippen LogP contribution in [0.1, 0.15) is 36.9 Å². The van der Waals surface area contributed by atoms with Gasteiger partial charge in [-0.1, -0.05) is 48.0 Å². The van der Waals surface area contributed by atoms with Gasteiger partial charge in [0, 0.05) is 6.54 Å². The highest BCUT2D eigenvalue weighted by Gasteiger charge is 2.42. The lowest BCUT2D eigenvalue weighted by Gasteiger charge is -2.32. The van der Waals surface area contributed by atoms with Crippen molar-refractivity contribution < 1.29 is 25.8 Å². The number of rotatable bonds is 9. The maximum Gasteiger partial charge on any atom is 0.265 e. The molecular weight excluding hydrogens is 502 g/mol. The summed E-state index contributed by atoms with van der Waals surface area (Å²) in [6.07, 6.45) is 2.94. The number of likely N-dealkylation sites (tertiary alicyclic amines) is 1. The van der Waals surface area contributed by atoms with Crippen LogP contribution in [0, 0.1) is 0 Å². The van der Waals surface area contributed by atoms with Gasteiger partial charge in [-0.3, -0.25) is 4.79 Å². The summed E-state index contributed by atoms with van der Waals surface area (Å²) in [5, 5.41) is 7.99. The van der Waals surface area contributed by atoms with E-state index in [1.807, 2.05) is 30.3 Å².